The molecule has 1 N–H and O–H groups in total. The Bertz CT molecular complexity index is 901. The number of hydrogen-bond donors (Lipinski definition) is 1. The van der Waals surface area contributed by atoms with Crippen molar-refractivity contribution in [2.45, 2.75) is 40.2 Å². The zero-order chi connectivity index (χ0) is 19.6. The molecule has 2 heterocycles. The molecule has 27 heavy (non-hydrogen) atoms. The van der Waals surface area contributed by atoms with Crippen molar-refractivity contribution in [2.75, 3.05) is 23.3 Å². The van der Waals surface area contributed by atoms with Gasteiger partial charge in [-0.1, -0.05) is 24.6 Å². The second-order valence-corrected chi connectivity index (χ2v) is 7.74. The molecule has 0 aliphatic carbocycles. The van der Waals surface area contributed by atoms with Crippen LogP contribution in [0.1, 0.15) is 31.0 Å². The maximum Gasteiger partial charge on any atom is 0.255 e. The van der Waals surface area contributed by atoms with E-state index in [0.717, 1.165) is 31.5 Å². The van der Waals surface area contributed by atoms with Crippen LogP contribution in [0.4, 0.5) is 11.6 Å². The van der Waals surface area contributed by atoms with Gasteiger partial charge in [-0.3, -0.25) is 14.2 Å². The molecule has 1 aromatic heterocycles. The summed E-state index contributed by atoms with van der Waals surface area (Å²) in [5.41, 5.74) is 2.01. The number of carbonyl (C=O) groups excluding carboxylic acids is 1. The molecule has 7 heteroatoms. The molecule has 1 aliphatic rings. The number of amides is 1. The second-order valence-electron chi connectivity index (χ2n) is 7.30. The molecule has 0 unspecified atom stereocenters. The van der Waals surface area contributed by atoms with E-state index in [1.807, 2.05) is 13.0 Å². The average molecular weight is 389 g/mol. The standard InChI is InChI=1S/C20H25ClN4O2/c1-13-6-8-24(9-7-13)20-22-15(3)10-19(27)25(20)12-18(26)23-17-11-16(21)5-4-14(17)2/h4-5,10-11,13H,6-9,12H2,1-3H3,(H,23,26). The van der Waals surface area contributed by atoms with Crippen molar-refractivity contribution in [3.8, 4) is 0 Å². The van der Waals surface area contributed by atoms with Gasteiger partial charge in [0, 0.05) is 35.6 Å². The van der Waals surface area contributed by atoms with E-state index in [-0.39, 0.29) is 18.0 Å². The fourth-order valence-corrected chi connectivity index (χ4v) is 3.44. The van der Waals surface area contributed by atoms with E-state index in [4.69, 9.17) is 11.6 Å². The molecule has 3 rings (SSSR count). The number of rotatable bonds is 4. The highest BCUT2D eigenvalue weighted by Crippen LogP contribution is 2.22. The van der Waals surface area contributed by atoms with Crippen LogP contribution < -0.4 is 15.8 Å². The normalized spacial score (nSPS) is 15.0. The number of nitrogens with zero attached hydrogens (tertiary/aromatic N) is 3. The number of anilines is 2. The monoisotopic (exact) mass is 388 g/mol. The van der Waals surface area contributed by atoms with Crippen LogP contribution in [0, 0.1) is 19.8 Å². The third-order valence-corrected chi connectivity index (χ3v) is 5.19. The lowest BCUT2D eigenvalue weighted by Crippen LogP contribution is -2.39. The molecule has 0 saturated carbocycles. The summed E-state index contributed by atoms with van der Waals surface area (Å²) in [6, 6.07) is 6.79. The van der Waals surface area contributed by atoms with Gasteiger partial charge in [0.1, 0.15) is 6.54 Å². The molecular formula is C20H25ClN4O2. The van der Waals surface area contributed by atoms with Crippen molar-refractivity contribution >= 4 is 29.1 Å². The molecule has 1 aliphatic heterocycles. The van der Waals surface area contributed by atoms with Gasteiger partial charge in [-0.05, 0) is 50.3 Å². The molecule has 1 aromatic carbocycles. The van der Waals surface area contributed by atoms with Crippen molar-refractivity contribution < 1.29 is 4.79 Å². The van der Waals surface area contributed by atoms with E-state index < -0.39 is 0 Å². The first-order valence-electron chi connectivity index (χ1n) is 9.23. The number of benzene rings is 1. The maximum atomic E-state index is 12.6. The summed E-state index contributed by atoms with van der Waals surface area (Å²) in [5, 5.41) is 3.40. The van der Waals surface area contributed by atoms with Crippen molar-refractivity contribution in [2.24, 2.45) is 5.92 Å². The summed E-state index contributed by atoms with van der Waals surface area (Å²) in [6.45, 7) is 7.52. The molecule has 6 nitrogen and oxygen atoms in total. The highest BCUT2D eigenvalue weighted by Gasteiger charge is 2.22. The summed E-state index contributed by atoms with van der Waals surface area (Å²) in [6.07, 6.45) is 2.11. The van der Waals surface area contributed by atoms with Crippen LogP contribution in [0.3, 0.4) is 0 Å². The van der Waals surface area contributed by atoms with Crippen LogP contribution >= 0.6 is 11.6 Å². The van der Waals surface area contributed by atoms with Gasteiger partial charge in [0.15, 0.2) is 0 Å². The smallest absolute Gasteiger partial charge is 0.255 e. The summed E-state index contributed by atoms with van der Waals surface area (Å²) >= 11 is 6.02. The van der Waals surface area contributed by atoms with Crippen LogP contribution in [0.2, 0.25) is 5.02 Å². The SMILES string of the molecule is Cc1cc(=O)n(CC(=O)Nc2cc(Cl)ccc2C)c(N2CCC(C)CC2)n1. The van der Waals surface area contributed by atoms with Gasteiger partial charge in [-0.2, -0.15) is 0 Å². The van der Waals surface area contributed by atoms with Crippen molar-refractivity contribution in [1.29, 1.82) is 0 Å². The third-order valence-electron chi connectivity index (χ3n) is 4.96. The van der Waals surface area contributed by atoms with Gasteiger partial charge in [-0.15, -0.1) is 0 Å². The molecular weight excluding hydrogens is 364 g/mol. The lowest BCUT2D eigenvalue weighted by atomic mass is 10.00. The lowest BCUT2D eigenvalue weighted by Gasteiger charge is -2.32. The molecule has 0 radical (unpaired) electrons. The average Bonchev–Trinajstić information content (AvgIpc) is 2.61. The van der Waals surface area contributed by atoms with Crippen LogP contribution in [0.5, 0.6) is 0 Å². The molecule has 1 fully saturated rings. The largest absolute Gasteiger partial charge is 0.342 e. The summed E-state index contributed by atoms with van der Waals surface area (Å²) in [7, 11) is 0. The summed E-state index contributed by atoms with van der Waals surface area (Å²) in [5.74, 6) is 0.963. The second kappa shape index (κ2) is 8.13. The van der Waals surface area contributed by atoms with E-state index in [9.17, 15) is 9.59 Å². The quantitative estimate of drug-likeness (QED) is 0.871. The Morgan fingerprint density at radius 1 is 1.26 bits per heavy atom. The Morgan fingerprint density at radius 3 is 2.67 bits per heavy atom. The Hall–Kier alpha value is -2.34. The first kappa shape index (κ1) is 19.4. The van der Waals surface area contributed by atoms with Crippen LogP contribution in [0.25, 0.3) is 0 Å². The summed E-state index contributed by atoms with van der Waals surface area (Å²) < 4.78 is 1.46. The van der Waals surface area contributed by atoms with E-state index in [1.54, 1.807) is 19.1 Å². The minimum absolute atomic E-state index is 0.0839. The van der Waals surface area contributed by atoms with E-state index in [1.165, 1.54) is 10.6 Å². The zero-order valence-electron chi connectivity index (χ0n) is 16.0. The van der Waals surface area contributed by atoms with E-state index >= 15 is 0 Å². The lowest BCUT2D eigenvalue weighted by molar-refractivity contribution is -0.116. The Balaban J connectivity index is 1.84. The molecule has 0 spiro atoms. The molecule has 144 valence electrons. The highest BCUT2D eigenvalue weighted by molar-refractivity contribution is 6.31. The fraction of sp³-hybridized carbons (Fsp3) is 0.450. The Labute approximate surface area is 164 Å². The minimum Gasteiger partial charge on any atom is -0.342 e. The first-order chi connectivity index (χ1) is 12.8. The topological polar surface area (TPSA) is 67.2 Å². The molecule has 0 atom stereocenters. The van der Waals surface area contributed by atoms with Crippen molar-refractivity contribution in [3.05, 3.63) is 50.9 Å². The zero-order valence-corrected chi connectivity index (χ0v) is 16.7. The molecule has 0 bridgehead atoms. The van der Waals surface area contributed by atoms with Gasteiger partial charge in [0.25, 0.3) is 5.56 Å². The van der Waals surface area contributed by atoms with Crippen LogP contribution in [-0.2, 0) is 11.3 Å². The van der Waals surface area contributed by atoms with E-state index in [0.29, 0.717) is 28.3 Å². The maximum absolute atomic E-state index is 12.6. The third kappa shape index (κ3) is 4.69. The van der Waals surface area contributed by atoms with Gasteiger partial charge in [0.2, 0.25) is 11.9 Å². The van der Waals surface area contributed by atoms with Gasteiger partial charge >= 0.3 is 0 Å². The van der Waals surface area contributed by atoms with Crippen molar-refractivity contribution in [1.82, 2.24) is 9.55 Å². The van der Waals surface area contributed by atoms with Gasteiger partial charge < -0.3 is 10.2 Å². The number of nitrogens with one attached hydrogen (secondary N) is 1. The number of halogens is 1. The van der Waals surface area contributed by atoms with Crippen LogP contribution in [-0.4, -0.2) is 28.5 Å². The molecule has 2 aromatic rings. The Morgan fingerprint density at radius 2 is 1.96 bits per heavy atom. The summed E-state index contributed by atoms with van der Waals surface area (Å²) in [4.78, 5) is 31.8. The number of hydrogen-bond acceptors (Lipinski definition) is 4. The predicted molar refractivity (Wildman–Crippen MR) is 109 cm³/mol. The van der Waals surface area contributed by atoms with Gasteiger partial charge in [-0.25, -0.2) is 4.98 Å². The Kier molecular flexibility index (Phi) is 5.85. The number of carbonyl (C=O) groups is 1. The predicted octanol–water partition coefficient (Wildman–Crippen LogP) is 3.39. The first-order valence-corrected chi connectivity index (χ1v) is 9.60. The molecule has 1 saturated heterocycles. The molecule has 1 amide bonds. The van der Waals surface area contributed by atoms with Crippen LogP contribution in [0.15, 0.2) is 29.1 Å². The number of aryl methyl sites for hydroxylation is 2. The van der Waals surface area contributed by atoms with Gasteiger partial charge in [0.05, 0.1) is 0 Å². The minimum atomic E-state index is -0.278. The highest BCUT2D eigenvalue weighted by atomic mass is 35.5. The fourth-order valence-electron chi connectivity index (χ4n) is 3.27. The van der Waals surface area contributed by atoms with E-state index in [2.05, 4.69) is 22.1 Å². The number of piperidine rings is 1. The van der Waals surface area contributed by atoms with Crippen molar-refractivity contribution in [3.63, 3.8) is 0 Å². The number of aromatic nitrogens is 2.